The molecule has 0 aliphatic heterocycles. The lowest BCUT2D eigenvalue weighted by atomic mass is 9.82. The molecule has 226 valence electrons. The predicted molar refractivity (Wildman–Crippen MR) is 199 cm³/mol. The number of hydrogen-bond donors (Lipinski definition) is 0. The molecular weight excluding hydrogens is 567 g/mol. The molecule has 1 heteroatoms. The van der Waals surface area contributed by atoms with Crippen molar-refractivity contribution in [3.05, 3.63) is 174 Å². The fourth-order valence-corrected chi connectivity index (χ4v) is 8.28. The largest absolute Gasteiger partial charge is 0.310 e. The number of anilines is 3. The summed E-state index contributed by atoms with van der Waals surface area (Å²) in [7, 11) is 0. The average molecular weight is 604 g/mol. The van der Waals surface area contributed by atoms with Gasteiger partial charge in [0.15, 0.2) is 0 Å². The predicted octanol–water partition coefficient (Wildman–Crippen LogP) is 12.6. The standard InChI is InChI=1S/C46H37N/c1-45(2)42-17-11-9-15-38(42)40-27-32-20-23-35(26-33(32)28-43(40)45)47(34-21-18-31(19-22-34)30-12-6-5-7-13-30)36-24-25-39-37-14-8-10-16-41(37)46(3,4)44(39)29-36/h5-29H,1-4H3. The van der Waals surface area contributed by atoms with Gasteiger partial charge in [0.05, 0.1) is 0 Å². The van der Waals surface area contributed by atoms with Crippen LogP contribution < -0.4 is 4.90 Å². The second kappa shape index (κ2) is 10.0. The molecule has 0 N–H and O–H groups in total. The summed E-state index contributed by atoms with van der Waals surface area (Å²) in [5, 5.41) is 2.53. The molecule has 9 rings (SSSR count). The molecule has 0 saturated carbocycles. The van der Waals surface area contributed by atoms with Crippen molar-refractivity contribution < 1.29 is 0 Å². The first-order valence-electron chi connectivity index (χ1n) is 16.7. The van der Waals surface area contributed by atoms with Crippen molar-refractivity contribution in [1.82, 2.24) is 0 Å². The van der Waals surface area contributed by atoms with E-state index in [-0.39, 0.29) is 10.8 Å². The Morgan fingerprint density at radius 3 is 1.55 bits per heavy atom. The van der Waals surface area contributed by atoms with Gasteiger partial charge in [-0.15, -0.1) is 0 Å². The van der Waals surface area contributed by atoms with Gasteiger partial charge in [0.2, 0.25) is 0 Å². The van der Waals surface area contributed by atoms with Gasteiger partial charge < -0.3 is 4.90 Å². The van der Waals surface area contributed by atoms with Crippen LogP contribution in [0.3, 0.4) is 0 Å². The molecule has 0 unspecified atom stereocenters. The van der Waals surface area contributed by atoms with Gasteiger partial charge in [-0.05, 0) is 115 Å². The van der Waals surface area contributed by atoms with Gasteiger partial charge in [-0.2, -0.15) is 0 Å². The molecule has 0 radical (unpaired) electrons. The van der Waals surface area contributed by atoms with Crippen molar-refractivity contribution >= 4 is 27.8 Å². The molecule has 0 spiro atoms. The maximum absolute atomic E-state index is 2.44. The van der Waals surface area contributed by atoms with E-state index in [0.29, 0.717) is 0 Å². The van der Waals surface area contributed by atoms with E-state index in [9.17, 15) is 0 Å². The Kier molecular flexibility index (Phi) is 5.96. The molecule has 2 aliphatic rings. The zero-order valence-corrected chi connectivity index (χ0v) is 27.4. The quantitative estimate of drug-likeness (QED) is 0.193. The van der Waals surface area contributed by atoms with Gasteiger partial charge in [0, 0.05) is 27.9 Å². The van der Waals surface area contributed by atoms with E-state index >= 15 is 0 Å². The Morgan fingerprint density at radius 2 is 0.851 bits per heavy atom. The zero-order chi connectivity index (χ0) is 31.9. The molecule has 2 aliphatic carbocycles. The van der Waals surface area contributed by atoms with E-state index in [0.717, 1.165) is 11.4 Å². The minimum absolute atomic E-state index is 0.0380. The minimum atomic E-state index is -0.0741. The van der Waals surface area contributed by atoms with Crippen LogP contribution in [0.25, 0.3) is 44.2 Å². The maximum Gasteiger partial charge on any atom is 0.0468 e. The summed E-state index contributed by atoms with van der Waals surface area (Å²) in [5.74, 6) is 0. The first kappa shape index (κ1) is 27.9. The number of nitrogens with zero attached hydrogens (tertiary/aromatic N) is 1. The van der Waals surface area contributed by atoms with Gasteiger partial charge in [0.1, 0.15) is 0 Å². The number of benzene rings is 7. The van der Waals surface area contributed by atoms with E-state index < -0.39 is 0 Å². The number of rotatable bonds is 4. The van der Waals surface area contributed by atoms with E-state index in [1.165, 1.54) is 72.1 Å². The van der Waals surface area contributed by atoms with Crippen molar-refractivity contribution in [2.24, 2.45) is 0 Å². The fraction of sp³-hybridized carbons (Fsp3) is 0.130. The SMILES string of the molecule is CC1(C)c2ccccc2-c2ccc(N(c3ccc(-c4ccccc4)cc3)c3ccc4cc5c(cc4c3)C(C)(C)c3ccccc3-5)cc21. The summed E-state index contributed by atoms with van der Waals surface area (Å²) in [6, 6.07) is 56.3. The lowest BCUT2D eigenvalue weighted by Crippen LogP contribution is -2.16. The summed E-state index contributed by atoms with van der Waals surface area (Å²) in [6.07, 6.45) is 0. The Hall–Kier alpha value is -5.40. The number of hydrogen-bond acceptors (Lipinski definition) is 1. The second-order valence-corrected chi connectivity index (χ2v) is 14.2. The fourth-order valence-electron chi connectivity index (χ4n) is 8.28. The van der Waals surface area contributed by atoms with Gasteiger partial charge in [-0.3, -0.25) is 0 Å². The highest BCUT2D eigenvalue weighted by Gasteiger charge is 2.37. The molecule has 7 aromatic carbocycles. The highest BCUT2D eigenvalue weighted by molar-refractivity contribution is 5.96. The third kappa shape index (κ3) is 4.16. The molecule has 0 heterocycles. The van der Waals surface area contributed by atoms with Gasteiger partial charge in [0.25, 0.3) is 0 Å². The first-order valence-corrected chi connectivity index (χ1v) is 16.7. The highest BCUT2D eigenvalue weighted by atomic mass is 15.1. The lowest BCUT2D eigenvalue weighted by molar-refractivity contribution is 0.660. The molecule has 47 heavy (non-hydrogen) atoms. The molecule has 0 saturated heterocycles. The van der Waals surface area contributed by atoms with Crippen LogP contribution in [0.4, 0.5) is 17.1 Å². The van der Waals surface area contributed by atoms with E-state index in [4.69, 9.17) is 0 Å². The summed E-state index contributed by atoms with van der Waals surface area (Å²) in [6.45, 7) is 9.43. The Bertz CT molecular complexity index is 2340. The topological polar surface area (TPSA) is 3.24 Å². The van der Waals surface area contributed by atoms with Crippen molar-refractivity contribution in [3.8, 4) is 33.4 Å². The van der Waals surface area contributed by atoms with Crippen LogP contribution >= 0.6 is 0 Å². The van der Waals surface area contributed by atoms with Gasteiger partial charge in [-0.1, -0.05) is 131 Å². The lowest BCUT2D eigenvalue weighted by Gasteiger charge is -2.28. The Labute approximate surface area is 277 Å². The average Bonchev–Trinajstić information content (AvgIpc) is 3.47. The van der Waals surface area contributed by atoms with E-state index in [1.54, 1.807) is 0 Å². The van der Waals surface area contributed by atoms with Crippen molar-refractivity contribution in [1.29, 1.82) is 0 Å². The highest BCUT2D eigenvalue weighted by Crippen LogP contribution is 2.52. The summed E-state index contributed by atoms with van der Waals surface area (Å²) >= 11 is 0. The van der Waals surface area contributed by atoms with Crippen LogP contribution in [0, 0.1) is 0 Å². The zero-order valence-electron chi connectivity index (χ0n) is 27.4. The van der Waals surface area contributed by atoms with Crippen molar-refractivity contribution in [2.45, 2.75) is 38.5 Å². The molecule has 1 nitrogen and oxygen atoms in total. The van der Waals surface area contributed by atoms with Crippen LogP contribution in [-0.2, 0) is 10.8 Å². The van der Waals surface area contributed by atoms with E-state index in [2.05, 4.69) is 184 Å². The van der Waals surface area contributed by atoms with Crippen LogP contribution in [0.5, 0.6) is 0 Å². The number of fused-ring (bicyclic) bond motifs is 7. The molecule has 0 bridgehead atoms. The third-order valence-electron chi connectivity index (χ3n) is 10.8. The Balaban J connectivity index is 1.21. The Morgan fingerprint density at radius 1 is 0.340 bits per heavy atom. The molecule has 0 atom stereocenters. The monoisotopic (exact) mass is 603 g/mol. The molecule has 0 aromatic heterocycles. The second-order valence-electron chi connectivity index (χ2n) is 14.2. The molecule has 0 amide bonds. The van der Waals surface area contributed by atoms with E-state index in [1.807, 2.05) is 0 Å². The summed E-state index contributed by atoms with van der Waals surface area (Å²) in [5.41, 5.74) is 16.8. The van der Waals surface area contributed by atoms with Crippen LogP contribution in [0.2, 0.25) is 0 Å². The summed E-state index contributed by atoms with van der Waals surface area (Å²) in [4.78, 5) is 2.43. The van der Waals surface area contributed by atoms with Crippen molar-refractivity contribution in [2.75, 3.05) is 4.90 Å². The normalized spacial score (nSPS) is 14.7. The smallest absolute Gasteiger partial charge is 0.0468 e. The summed E-state index contributed by atoms with van der Waals surface area (Å²) < 4.78 is 0. The molecule has 0 fully saturated rings. The molecule has 7 aromatic rings. The third-order valence-corrected chi connectivity index (χ3v) is 10.8. The molecular formula is C46H37N. The van der Waals surface area contributed by atoms with Gasteiger partial charge >= 0.3 is 0 Å². The van der Waals surface area contributed by atoms with Crippen LogP contribution in [0.15, 0.2) is 152 Å². The van der Waals surface area contributed by atoms with Crippen LogP contribution in [-0.4, -0.2) is 0 Å². The van der Waals surface area contributed by atoms with Crippen LogP contribution in [0.1, 0.15) is 49.9 Å². The minimum Gasteiger partial charge on any atom is -0.310 e. The van der Waals surface area contributed by atoms with Gasteiger partial charge in [-0.25, -0.2) is 0 Å². The first-order chi connectivity index (χ1) is 22.8. The maximum atomic E-state index is 2.44. The van der Waals surface area contributed by atoms with Crippen molar-refractivity contribution in [3.63, 3.8) is 0 Å².